The zero-order valence-corrected chi connectivity index (χ0v) is 19.0. The van der Waals surface area contributed by atoms with E-state index in [4.69, 9.17) is 9.40 Å². The topological polar surface area (TPSA) is 83.6 Å². The lowest BCUT2D eigenvalue weighted by atomic mass is 9.96. The molecule has 3 heterocycles. The van der Waals surface area contributed by atoms with E-state index in [-0.39, 0.29) is 5.91 Å². The van der Waals surface area contributed by atoms with E-state index in [0.29, 0.717) is 41.6 Å². The van der Waals surface area contributed by atoms with Crippen molar-refractivity contribution in [2.24, 2.45) is 0 Å². The molecular weight excluding hydrogens is 412 g/mol. The number of amides is 1. The first-order chi connectivity index (χ1) is 14.7. The summed E-state index contributed by atoms with van der Waals surface area (Å²) in [6.07, 6.45) is 1.70. The molecule has 31 heavy (non-hydrogen) atoms. The molecule has 3 aromatic rings. The van der Waals surface area contributed by atoms with Crippen LogP contribution in [0, 0.1) is 27.7 Å². The van der Waals surface area contributed by atoms with Gasteiger partial charge in [0.1, 0.15) is 11.5 Å². The molecule has 1 aliphatic rings. The van der Waals surface area contributed by atoms with E-state index in [1.165, 1.54) is 6.07 Å². The van der Waals surface area contributed by atoms with Crippen LogP contribution < -0.4 is 5.63 Å². The summed E-state index contributed by atoms with van der Waals surface area (Å²) < 4.78 is 5.13. The van der Waals surface area contributed by atoms with Crippen LogP contribution in [-0.4, -0.2) is 34.0 Å². The number of benzene rings is 1. The number of aromatic hydroxyl groups is 1. The Morgan fingerprint density at radius 1 is 1.10 bits per heavy atom. The lowest BCUT2D eigenvalue weighted by Crippen LogP contribution is -2.38. The Hall–Kier alpha value is -2.93. The molecule has 1 amide bonds. The summed E-state index contributed by atoms with van der Waals surface area (Å²) in [7, 11) is 0. The van der Waals surface area contributed by atoms with Crippen LogP contribution in [0.1, 0.15) is 56.6 Å². The van der Waals surface area contributed by atoms with Crippen molar-refractivity contribution in [3.05, 3.63) is 67.0 Å². The van der Waals surface area contributed by atoms with Gasteiger partial charge in [-0.25, -0.2) is 9.78 Å². The van der Waals surface area contributed by atoms with E-state index in [0.717, 1.165) is 40.2 Å². The first-order valence-electron chi connectivity index (χ1n) is 10.4. The van der Waals surface area contributed by atoms with Gasteiger partial charge in [-0.15, -0.1) is 11.3 Å². The summed E-state index contributed by atoms with van der Waals surface area (Å²) in [5.74, 6) is 0.950. The van der Waals surface area contributed by atoms with Gasteiger partial charge < -0.3 is 14.4 Å². The van der Waals surface area contributed by atoms with Crippen molar-refractivity contribution < 1.29 is 14.3 Å². The van der Waals surface area contributed by atoms with Crippen LogP contribution in [0.25, 0.3) is 11.3 Å². The molecule has 0 bridgehead atoms. The minimum absolute atomic E-state index is 0.0768. The maximum Gasteiger partial charge on any atom is 0.336 e. The van der Waals surface area contributed by atoms with Crippen LogP contribution in [0.15, 0.2) is 32.8 Å². The summed E-state index contributed by atoms with van der Waals surface area (Å²) in [5.41, 5.74) is 4.36. The highest BCUT2D eigenvalue weighted by Crippen LogP contribution is 2.35. The van der Waals surface area contributed by atoms with Crippen LogP contribution in [0.4, 0.5) is 0 Å². The van der Waals surface area contributed by atoms with Crippen molar-refractivity contribution in [1.29, 1.82) is 0 Å². The Labute approximate surface area is 185 Å². The smallest absolute Gasteiger partial charge is 0.336 e. The van der Waals surface area contributed by atoms with Crippen LogP contribution in [0.2, 0.25) is 0 Å². The molecular formula is C24H26N2O4S. The van der Waals surface area contributed by atoms with Crippen molar-refractivity contribution in [3.63, 3.8) is 0 Å². The van der Waals surface area contributed by atoms with E-state index < -0.39 is 5.63 Å². The van der Waals surface area contributed by atoms with Gasteiger partial charge in [0.05, 0.1) is 16.3 Å². The average molecular weight is 439 g/mol. The van der Waals surface area contributed by atoms with Crippen molar-refractivity contribution in [3.8, 4) is 17.0 Å². The minimum atomic E-state index is -0.427. The number of aryl methyl sites for hydroxylation is 4. The first-order valence-corrected chi connectivity index (χ1v) is 11.3. The summed E-state index contributed by atoms with van der Waals surface area (Å²) >= 11 is 1.65. The fourth-order valence-corrected chi connectivity index (χ4v) is 5.28. The number of thiazole rings is 1. The number of rotatable bonds is 3. The average Bonchev–Trinajstić information content (AvgIpc) is 3.21. The van der Waals surface area contributed by atoms with E-state index in [1.807, 2.05) is 30.9 Å². The van der Waals surface area contributed by atoms with Crippen LogP contribution in [0.5, 0.6) is 5.75 Å². The molecule has 162 valence electrons. The lowest BCUT2D eigenvalue weighted by molar-refractivity contribution is 0.0708. The number of nitrogens with zero attached hydrogens (tertiary/aromatic N) is 2. The van der Waals surface area contributed by atoms with Crippen molar-refractivity contribution >= 4 is 17.2 Å². The molecule has 0 spiro atoms. The van der Waals surface area contributed by atoms with Crippen molar-refractivity contribution in [2.45, 2.75) is 46.5 Å². The Morgan fingerprint density at radius 3 is 2.35 bits per heavy atom. The molecule has 1 aromatic carbocycles. The molecule has 6 nitrogen and oxygen atoms in total. The Morgan fingerprint density at radius 2 is 1.74 bits per heavy atom. The molecule has 0 aliphatic carbocycles. The Kier molecular flexibility index (Phi) is 5.71. The highest BCUT2D eigenvalue weighted by atomic mass is 32.1. The van der Waals surface area contributed by atoms with Gasteiger partial charge in [0, 0.05) is 36.0 Å². The predicted molar refractivity (Wildman–Crippen MR) is 121 cm³/mol. The quantitative estimate of drug-likeness (QED) is 0.640. The third-order valence-electron chi connectivity index (χ3n) is 5.99. The molecule has 1 saturated heterocycles. The Bertz CT molecular complexity index is 1150. The third kappa shape index (κ3) is 4.14. The van der Waals surface area contributed by atoms with E-state index in [1.54, 1.807) is 25.2 Å². The van der Waals surface area contributed by atoms with Crippen molar-refractivity contribution in [1.82, 2.24) is 9.88 Å². The molecule has 4 rings (SSSR count). The molecule has 1 fully saturated rings. The minimum Gasteiger partial charge on any atom is -0.507 e. The number of likely N-dealkylation sites (tertiary alicyclic amines) is 1. The number of phenols is 1. The standard InChI is InChI=1S/C24H26N2O4S/c1-13-11-20(27)30-16(4)21(13)24(29)26-7-5-17(6-8-26)23-25-19(12-31-23)18-9-14(2)22(28)15(3)10-18/h9-12,17,28H,5-8H2,1-4H3. The second-order valence-electron chi connectivity index (χ2n) is 8.28. The summed E-state index contributed by atoms with van der Waals surface area (Å²) in [6, 6.07) is 5.30. The molecule has 1 aliphatic heterocycles. The fourth-order valence-electron chi connectivity index (χ4n) is 4.28. The molecule has 0 saturated carbocycles. The lowest BCUT2D eigenvalue weighted by Gasteiger charge is -2.31. The monoisotopic (exact) mass is 438 g/mol. The van der Waals surface area contributed by atoms with Crippen LogP contribution in [-0.2, 0) is 0 Å². The number of carbonyl (C=O) groups excluding carboxylic acids is 1. The van der Waals surface area contributed by atoms with Gasteiger partial charge in [0.25, 0.3) is 5.91 Å². The zero-order chi connectivity index (χ0) is 22.3. The van der Waals surface area contributed by atoms with Crippen LogP contribution >= 0.6 is 11.3 Å². The van der Waals surface area contributed by atoms with Gasteiger partial charge in [-0.05, 0) is 69.4 Å². The van der Waals surface area contributed by atoms with Gasteiger partial charge in [-0.3, -0.25) is 4.79 Å². The highest BCUT2D eigenvalue weighted by molar-refractivity contribution is 7.10. The van der Waals surface area contributed by atoms with E-state index >= 15 is 0 Å². The number of hydrogen-bond donors (Lipinski definition) is 1. The summed E-state index contributed by atoms with van der Waals surface area (Å²) in [4.78, 5) is 31.2. The normalized spacial score (nSPS) is 14.8. The van der Waals surface area contributed by atoms with E-state index in [2.05, 4.69) is 5.38 Å². The summed E-state index contributed by atoms with van der Waals surface area (Å²) in [5, 5.41) is 13.2. The third-order valence-corrected chi connectivity index (χ3v) is 7.00. The van der Waals surface area contributed by atoms with Gasteiger partial charge in [0.2, 0.25) is 0 Å². The van der Waals surface area contributed by atoms with Gasteiger partial charge in [-0.1, -0.05) is 0 Å². The maximum absolute atomic E-state index is 13.0. The highest BCUT2D eigenvalue weighted by Gasteiger charge is 2.28. The molecule has 0 atom stereocenters. The Balaban J connectivity index is 1.47. The van der Waals surface area contributed by atoms with Crippen LogP contribution in [0.3, 0.4) is 0 Å². The number of phenolic OH excluding ortho intramolecular Hbond substituents is 1. The molecule has 1 N–H and O–H groups in total. The number of piperidine rings is 1. The largest absolute Gasteiger partial charge is 0.507 e. The molecule has 2 aromatic heterocycles. The molecule has 0 radical (unpaired) electrons. The number of carbonyl (C=O) groups is 1. The second kappa shape index (κ2) is 8.30. The number of aromatic nitrogens is 1. The number of hydrogen-bond acceptors (Lipinski definition) is 6. The first kappa shape index (κ1) is 21.3. The molecule has 7 heteroatoms. The SMILES string of the molecule is Cc1cc(-c2csc(C3CCN(C(=O)c4c(C)cc(=O)oc4C)CC3)n2)cc(C)c1O. The van der Waals surface area contributed by atoms with E-state index in [9.17, 15) is 14.7 Å². The molecule has 0 unspecified atom stereocenters. The van der Waals surface area contributed by atoms with Gasteiger partial charge >= 0.3 is 5.63 Å². The van der Waals surface area contributed by atoms with Gasteiger partial charge in [0.15, 0.2) is 0 Å². The predicted octanol–water partition coefficient (Wildman–Crippen LogP) is 4.72. The fraction of sp³-hybridized carbons (Fsp3) is 0.375. The maximum atomic E-state index is 13.0. The van der Waals surface area contributed by atoms with Gasteiger partial charge in [-0.2, -0.15) is 0 Å². The van der Waals surface area contributed by atoms with Crippen molar-refractivity contribution in [2.75, 3.05) is 13.1 Å². The summed E-state index contributed by atoms with van der Waals surface area (Å²) in [6.45, 7) is 8.52. The second-order valence-corrected chi connectivity index (χ2v) is 9.17. The zero-order valence-electron chi connectivity index (χ0n) is 18.2.